The molecule has 353 valence electrons. The SMILES string of the molecule is CC(C)c1cc(-c2ccccc2)cc(C(C)C)c1-n1c(-c2[c-]cc3oc4c(ccc5c6ccccc6ccc54)c3c2)nc2ccccc21.[2H]C([2H])(c1cc(-c2[c-]cccc2)nc[c]1[Ge]([CH3])([CH3])[CH3])C(C)(C)C.[Ir]. The average molecular weight is 1160 g/mol. The first-order chi connectivity index (χ1) is 33.9. The van der Waals surface area contributed by atoms with E-state index in [4.69, 9.17) is 12.1 Å². The Labute approximate surface area is 432 Å². The van der Waals surface area contributed by atoms with Crippen molar-refractivity contribution in [1.82, 2.24) is 14.5 Å². The van der Waals surface area contributed by atoms with Crippen molar-refractivity contribution >= 4 is 72.2 Å². The number of hydrogen-bond acceptors (Lipinski definition) is 3. The molecule has 0 aliphatic rings. The van der Waals surface area contributed by atoms with Crippen molar-refractivity contribution in [3.63, 3.8) is 0 Å². The molecule has 70 heavy (non-hydrogen) atoms. The van der Waals surface area contributed by atoms with Gasteiger partial charge in [-0.25, -0.2) is 0 Å². The van der Waals surface area contributed by atoms with Gasteiger partial charge < -0.3 is 8.98 Å². The molecule has 0 bridgehead atoms. The number of fused-ring (bicyclic) bond motifs is 8. The summed E-state index contributed by atoms with van der Waals surface area (Å²) in [7, 11) is 0. The summed E-state index contributed by atoms with van der Waals surface area (Å²) in [5.41, 5.74) is 13.1. The monoisotopic (exact) mass is 1160 g/mol. The Hall–Kier alpha value is -6.11. The summed E-state index contributed by atoms with van der Waals surface area (Å²) in [4.78, 5) is 9.92. The van der Waals surface area contributed by atoms with Crippen LogP contribution >= 0.6 is 0 Å². The fourth-order valence-corrected chi connectivity index (χ4v) is 12.6. The Morgan fingerprint density at radius 2 is 1.31 bits per heavy atom. The van der Waals surface area contributed by atoms with E-state index in [-0.39, 0.29) is 20.1 Å². The van der Waals surface area contributed by atoms with Gasteiger partial charge in [0.1, 0.15) is 5.58 Å². The van der Waals surface area contributed by atoms with Gasteiger partial charge in [0.2, 0.25) is 0 Å². The molecule has 4 nitrogen and oxygen atoms in total. The Morgan fingerprint density at radius 1 is 0.657 bits per heavy atom. The van der Waals surface area contributed by atoms with Gasteiger partial charge in [-0.2, -0.15) is 0 Å². The summed E-state index contributed by atoms with van der Waals surface area (Å²) in [5.74, 6) is 8.33. The second-order valence-electron chi connectivity index (χ2n) is 21.0. The molecule has 1 radical (unpaired) electrons. The number of imidazole rings is 1. The molecule has 6 heteroatoms. The van der Waals surface area contributed by atoms with E-state index in [2.05, 4.69) is 188 Å². The zero-order chi connectivity index (χ0) is 50.0. The van der Waals surface area contributed by atoms with E-state index in [1.807, 2.05) is 63.4 Å². The number of nitrogens with zero attached hydrogens (tertiary/aromatic N) is 3. The molecular formula is C64H61GeIrN3O-2. The molecule has 0 atom stereocenters. The fourth-order valence-electron chi connectivity index (χ4n) is 9.70. The van der Waals surface area contributed by atoms with E-state index in [1.54, 1.807) is 0 Å². The summed E-state index contributed by atoms with van der Waals surface area (Å²) in [6.07, 6.45) is 0.502. The minimum atomic E-state index is -2.24. The predicted molar refractivity (Wildman–Crippen MR) is 296 cm³/mol. The molecule has 3 aromatic heterocycles. The van der Waals surface area contributed by atoms with Gasteiger partial charge in [-0.1, -0.05) is 124 Å². The van der Waals surface area contributed by atoms with Crippen molar-refractivity contribution < 1.29 is 27.3 Å². The zero-order valence-corrected chi connectivity index (χ0v) is 46.3. The van der Waals surface area contributed by atoms with Crippen LogP contribution in [0.4, 0.5) is 0 Å². The van der Waals surface area contributed by atoms with Crippen LogP contribution in [0.5, 0.6) is 0 Å². The molecule has 3 heterocycles. The molecule has 0 N–H and O–H groups in total. The van der Waals surface area contributed by atoms with Gasteiger partial charge in [-0.15, -0.1) is 23.8 Å². The van der Waals surface area contributed by atoms with E-state index in [1.165, 1.54) is 44.1 Å². The van der Waals surface area contributed by atoms with Crippen LogP contribution in [0.15, 0.2) is 168 Å². The van der Waals surface area contributed by atoms with E-state index in [0.29, 0.717) is 11.8 Å². The maximum Gasteiger partial charge on any atom is 0 e. The average Bonchev–Trinajstić information content (AvgIpc) is 3.94. The number of hydrogen-bond donors (Lipinski definition) is 0. The van der Waals surface area contributed by atoms with Crippen molar-refractivity contribution in [2.24, 2.45) is 5.41 Å². The van der Waals surface area contributed by atoms with Crippen molar-refractivity contribution in [2.45, 2.75) is 83.9 Å². The first-order valence-corrected chi connectivity index (χ1v) is 31.6. The van der Waals surface area contributed by atoms with Crippen LogP contribution in [0.25, 0.3) is 94.0 Å². The van der Waals surface area contributed by atoms with Crippen molar-refractivity contribution in [3.05, 3.63) is 193 Å². The van der Waals surface area contributed by atoms with E-state index < -0.39 is 25.1 Å². The number of para-hydroxylation sites is 2. The molecular weight excluding hydrogens is 1090 g/mol. The molecule has 0 spiro atoms. The Bertz CT molecular complexity index is 3740. The second-order valence-corrected chi connectivity index (χ2v) is 31.6. The third-order valence-corrected chi connectivity index (χ3v) is 17.3. The summed E-state index contributed by atoms with van der Waals surface area (Å²) < 4.78 is 27.6. The van der Waals surface area contributed by atoms with Gasteiger partial charge in [0.05, 0.1) is 22.4 Å². The predicted octanol–water partition coefficient (Wildman–Crippen LogP) is 17.3. The molecule has 0 aliphatic heterocycles. The van der Waals surface area contributed by atoms with Crippen LogP contribution in [0.2, 0.25) is 17.3 Å². The fraction of sp³-hybridized carbons (Fsp3) is 0.219. The molecule has 11 aromatic rings. The summed E-state index contributed by atoms with van der Waals surface area (Å²) in [6.45, 7) is 15.0. The van der Waals surface area contributed by atoms with Crippen molar-refractivity contribution in [2.75, 3.05) is 0 Å². The molecule has 0 unspecified atom stereocenters. The maximum absolute atomic E-state index is 8.76. The Kier molecular flexibility index (Phi) is 13.0. The third-order valence-electron chi connectivity index (χ3n) is 13.0. The number of rotatable bonds is 8. The van der Waals surface area contributed by atoms with Crippen LogP contribution in [0, 0.1) is 17.5 Å². The first kappa shape index (κ1) is 46.3. The summed E-state index contributed by atoms with van der Waals surface area (Å²) >= 11 is -2.24. The molecule has 0 amide bonds. The molecule has 11 rings (SSSR count). The van der Waals surface area contributed by atoms with Gasteiger partial charge in [0.25, 0.3) is 0 Å². The van der Waals surface area contributed by atoms with Gasteiger partial charge in [0, 0.05) is 36.6 Å². The Morgan fingerprint density at radius 3 is 2.01 bits per heavy atom. The molecule has 0 aliphatic carbocycles. The van der Waals surface area contributed by atoms with E-state index >= 15 is 0 Å². The van der Waals surface area contributed by atoms with E-state index in [9.17, 15) is 0 Å². The number of aromatic nitrogens is 3. The van der Waals surface area contributed by atoms with Gasteiger partial charge in [-0.3, -0.25) is 4.98 Å². The topological polar surface area (TPSA) is 43.9 Å². The molecule has 8 aromatic carbocycles. The van der Waals surface area contributed by atoms with Crippen molar-refractivity contribution in [1.29, 1.82) is 0 Å². The smallest absolute Gasteiger partial charge is 0 e. The standard InChI is InChI=1S/C45H35N2O.C19H26GeN.Ir/c1-27(2)37-25-32(29-12-6-5-7-13-29)26-38(28(3)4)43(37)47-41-17-11-10-16-40(41)46-45(47)31-19-23-42-39(24-31)36-22-21-34-33-15-9-8-14-30(33)18-20-35(34)44(36)48-42;1-19(2,3)13-16-12-18(15-10-8-7-9-11-15)21-14-17(16)20(4,5)6;/h5-18,20-28H,1-4H3;7-10,12,14H,13H2,1-6H3;/q2*-1;/i;13D2;. The first-order valence-electron chi connectivity index (χ1n) is 25.3. The Balaban J connectivity index is 0.000000226. The zero-order valence-electron chi connectivity index (χ0n) is 43.8. The van der Waals surface area contributed by atoms with Crippen LogP contribution < -0.4 is 4.40 Å². The van der Waals surface area contributed by atoms with Crippen molar-refractivity contribution in [3.8, 4) is 39.5 Å². The largest absolute Gasteiger partial charge is 0 e. The number of benzene rings is 8. The quantitative estimate of drug-likeness (QED) is 0.0865. The van der Waals surface area contributed by atoms with Crippen LogP contribution in [-0.4, -0.2) is 27.8 Å². The molecule has 0 fully saturated rings. The van der Waals surface area contributed by atoms with Gasteiger partial charge in [-0.05, 0) is 74.5 Å². The minimum absolute atomic E-state index is 0. The van der Waals surface area contributed by atoms with E-state index in [0.717, 1.165) is 71.0 Å². The van der Waals surface area contributed by atoms with Crippen LogP contribution in [0.1, 0.15) is 79.7 Å². The van der Waals surface area contributed by atoms with Crippen LogP contribution in [0.3, 0.4) is 0 Å². The molecule has 0 saturated carbocycles. The minimum Gasteiger partial charge on any atom is 0 e. The number of furan rings is 1. The maximum atomic E-state index is 8.76. The van der Waals surface area contributed by atoms with Gasteiger partial charge in [0.15, 0.2) is 0 Å². The third kappa shape index (κ3) is 9.57. The van der Waals surface area contributed by atoms with Gasteiger partial charge >= 0.3 is 135 Å². The summed E-state index contributed by atoms with van der Waals surface area (Å²) in [5, 5.41) is 6.96. The summed E-state index contributed by atoms with van der Waals surface area (Å²) in [6, 6.07) is 62.0. The normalized spacial score (nSPS) is 12.7. The van der Waals surface area contributed by atoms with Crippen LogP contribution in [-0.2, 0) is 26.5 Å². The molecule has 0 saturated heterocycles. The number of pyridine rings is 1. The second kappa shape index (κ2) is 19.6.